The molecule has 2 aliphatic rings. The summed E-state index contributed by atoms with van der Waals surface area (Å²) >= 11 is 0. The number of aryl methyl sites for hydroxylation is 2. The third-order valence-corrected chi connectivity index (χ3v) is 7.97. The summed E-state index contributed by atoms with van der Waals surface area (Å²) in [5.41, 5.74) is 4.09. The van der Waals surface area contributed by atoms with Crippen LogP contribution in [0.25, 0.3) is 5.57 Å². The van der Waals surface area contributed by atoms with E-state index in [1.807, 2.05) is 50.3 Å². The minimum Gasteiger partial charge on any atom is -0.337 e. The average Bonchev–Trinajstić information content (AvgIpc) is 3.18. The van der Waals surface area contributed by atoms with Gasteiger partial charge in [0.05, 0.1) is 4.90 Å². The Labute approximate surface area is 183 Å². The van der Waals surface area contributed by atoms with E-state index >= 15 is 0 Å². The molecule has 2 aliphatic heterocycles. The van der Waals surface area contributed by atoms with Gasteiger partial charge in [0, 0.05) is 19.5 Å². The van der Waals surface area contributed by atoms with E-state index in [9.17, 15) is 18.0 Å². The highest BCUT2D eigenvalue weighted by Crippen LogP contribution is 2.30. The Bertz CT molecular complexity index is 1160. The van der Waals surface area contributed by atoms with Crippen molar-refractivity contribution in [2.45, 2.75) is 44.0 Å². The number of nitrogens with zero attached hydrogens (tertiary/aromatic N) is 2. The first-order chi connectivity index (χ1) is 14.8. The van der Waals surface area contributed by atoms with Gasteiger partial charge in [-0.3, -0.25) is 9.59 Å². The largest absolute Gasteiger partial charge is 0.337 e. The zero-order valence-corrected chi connectivity index (χ0v) is 18.6. The third kappa shape index (κ3) is 4.02. The first-order valence-corrected chi connectivity index (χ1v) is 11.9. The van der Waals surface area contributed by atoms with Gasteiger partial charge in [-0.15, -0.1) is 0 Å². The monoisotopic (exact) mass is 438 g/mol. The van der Waals surface area contributed by atoms with Gasteiger partial charge in [0.2, 0.25) is 11.8 Å². The Kier molecular flexibility index (Phi) is 5.71. The molecule has 0 spiro atoms. The fourth-order valence-electron chi connectivity index (χ4n) is 4.17. The predicted octanol–water partition coefficient (Wildman–Crippen LogP) is 3.30. The number of carbonyl (C=O) groups is 2. The van der Waals surface area contributed by atoms with E-state index in [0.29, 0.717) is 19.5 Å². The van der Waals surface area contributed by atoms with E-state index in [1.54, 1.807) is 17.0 Å². The van der Waals surface area contributed by atoms with Gasteiger partial charge in [-0.25, -0.2) is 12.7 Å². The van der Waals surface area contributed by atoms with Crippen LogP contribution in [0.5, 0.6) is 0 Å². The Balaban J connectivity index is 1.56. The standard InChI is InChI=1S/C24H26N2O4S/c1-17-8-9-21(16-18(17)2)31(29,30)26-22(10-11-23(26)27)24(28)25-14-12-20(13-15-25)19-6-4-3-5-7-19/h3-9,12,16,22H,10-11,13-15H2,1-2H3/t22-/m1/s1. The highest BCUT2D eigenvalue weighted by Gasteiger charge is 2.45. The molecule has 1 fully saturated rings. The summed E-state index contributed by atoms with van der Waals surface area (Å²) in [6, 6.07) is 13.8. The molecule has 2 aromatic carbocycles. The lowest BCUT2D eigenvalue weighted by Gasteiger charge is -2.32. The van der Waals surface area contributed by atoms with E-state index in [4.69, 9.17) is 0 Å². The van der Waals surface area contributed by atoms with Crippen LogP contribution in [-0.2, 0) is 19.6 Å². The van der Waals surface area contributed by atoms with E-state index in [-0.39, 0.29) is 23.6 Å². The molecule has 0 radical (unpaired) electrons. The predicted molar refractivity (Wildman–Crippen MR) is 119 cm³/mol. The summed E-state index contributed by atoms with van der Waals surface area (Å²) in [5, 5.41) is 0. The summed E-state index contributed by atoms with van der Waals surface area (Å²) in [6.45, 7) is 4.63. The molecule has 2 aromatic rings. The molecule has 2 amide bonds. The van der Waals surface area contributed by atoms with Gasteiger partial charge in [-0.05, 0) is 61.1 Å². The Morgan fingerprint density at radius 1 is 1.00 bits per heavy atom. The lowest BCUT2D eigenvalue weighted by atomic mass is 9.99. The van der Waals surface area contributed by atoms with Crippen LogP contribution in [0.4, 0.5) is 0 Å². The minimum absolute atomic E-state index is 0.0496. The molecule has 0 N–H and O–H groups in total. The lowest BCUT2D eigenvalue weighted by Crippen LogP contribution is -2.49. The third-order valence-electron chi connectivity index (χ3n) is 6.15. The van der Waals surface area contributed by atoms with Crippen LogP contribution in [0.2, 0.25) is 0 Å². The molecule has 0 bridgehead atoms. The number of benzene rings is 2. The SMILES string of the molecule is Cc1ccc(S(=O)(=O)N2C(=O)CC[C@@H]2C(=O)N2CC=C(c3ccccc3)CC2)cc1C. The topological polar surface area (TPSA) is 74.8 Å². The van der Waals surface area contributed by atoms with Crippen LogP contribution in [0, 0.1) is 13.8 Å². The molecule has 162 valence electrons. The number of hydrogen-bond acceptors (Lipinski definition) is 4. The molecule has 4 rings (SSSR count). The molecule has 31 heavy (non-hydrogen) atoms. The van der Waals surface area contributed by atoms with Crippen molar-refractivity contribution in [1.29, 1.82) is 0 Å². The van der Waals surface area contributed by atoms with Gasteiger partial charge >= 0.3 is 0 Å². The second-order valence-corrected chi connectivity index (χ2v) is 9.94. The number of rotatable bonds is 4. The van der Waals surface area contributed by atoms with Gasteiger partial charge in [-0.2, -0.15) is 0 Å². The first kappa shape index (κ1) is 21.3. The molecule has 7 heteroatoms. The smallest absolute Gasteiger partial charge is 0.267 e. The fraction of sp³-hybridized carbons (Fsp3) is 0.333. The highest BCUT2D eigenvalue weighted by atomic mass is 32.2. The molecule has 0 aromatic heterocycles. The van der Waals surface area contributed by atoms with Crippen molar-refractivity contribution in [3.8, 4) is 0 Å². The summed E-state index contributed by atoms with van der Waals surface area (Å²) < 4.78 is 27.3. The molecule has 0 aliphatic carbocycles. The van der Waals surface area contributed by atoms with Crippen molar-refractivity contribution >= 4 is 27.4 Å². The molecule has 1 atom stereocenters. The maximum Gasteiger partial charge on any atom is 0.267 e. The van der Waals surface area contributed by atoms with Crippen LogP contribution in [0.15, 0.2) is 59.5 Å². The van der Waals surface area contributed by atoms with Gasteiger partial charge < -0.3 is 4.90 Å². The van der Waals surface area contributed by atoms with Crippen molar-refractivity contribution in [3.63, 3.8) is 0 Å². The molecular weight excluding hydrogens is 412 g/mol. The van der Waals surface area contributed by atoms with Gasteiger partial charge in [0.1, 0.15) is 6.04 Å². The molecular formula is C24H26N2O4S. The van der Waals surface area contributed by atoms with Crippen LogP contribution in [0.3, 0.4) is 0 Å². The molecule has 2 heterocycles. The van der Waals surface area contributed by atoms with Crippen molar-refractivity contribution in [3.05, 3.63) is 71.3 Å². The van der Waals surface area contributed by atoms with Crippen molar-refractivity contribution < 1.29 is 18.0 Å². The minimum atomic E-state index is -4.09. The zero-order valence-electron chi connectivity index (χ0n) is 17.7. The van der Waals surface area contributed by atoms with Gasteiger partial charge in [0.25, 0.3) is 10.0 Å². The van der Waals surface area contributed by atoms with Crippen LogP contribution < -0.4 is 0 Å². The van der Waals surface area contributed by atoms with Crippen molar-refractivity contribution in [2.75, 3.05) is 13.1 Å². The Morgan fingerprint density at radius 2 is 1.74 bits per heavy atom. The second kappa shape index (κ2) is 8.30. The van der Waals surface area contributed by atoms with Crippen LogP contribution in [0.1, 0.15) is 36.0 Å². The van der Waals surface area contributed by atoms with Crippen molar-refractivity contribution in [2.24, 2.45) is 0 Å². The second-order valence-electron chi connectivity index (χ2n) is 8.12. The number of hydrogen-bond donors (Lipinski definition) is 0. The fourth-order valence-corrected chi connectivity index (χ4v) is 5.85. The highest BCUT2D eigenvalue weighted by molar-refractivity contribution is 7.89. The maximum atomic E-state index is 13.3. The molecule has 1 saturated heterocycles. The van der Waals surface area contributed by atoms with E-state index in [1.165, 1.54) is 11.6 Å². The average molecular weight is 439 g/mol. The normalized spacial score (nSPS) is 19.5. The Hall–Kier alpha value is -2.93. The summed E-state index contributed by atoms with van der Waals surface area (Å²) in [7, 11) is -4.09. The quantitative estimate of drug-likeness (QED) is 0.734. The van der Waals surface area contributed by atoms with E-state index < -0.39 is 22.0 Å². The van der Waals surface area contributed by atoms with Crippen LogP contribution in [-0.4, -0.2) is 48.6 Å². The van der Waals surface area contributed by atoms with E-state index in [0.717, 1.165) is 21.0 Å². The molecule has 6 nitrogen and oxygen atoms in total. The van der Waals surface area contributed by atoms with Gasteiger partial charge in [-0.1, -0.05) is 42.5 Å². The summed E-state index contributed by atoms with van der Waals surface area (Å²) in [4.78, 5) is 27.5. The lowest BCUT2D eigenvalue weighted by molar-refractivity contribution is -0.137. The number of sulfonamides is 1. The van der Waals surface area contributed by atoms with Crippen molar-refractivity contribution in [1.82, 2.24) is 9.21 Å². The Morgan fingerprint density at radius 3 is 2.39 bits per heavy atom. The molecule has 0 saturated carbocycles. The van der Waals surface area contributed by atoms with E-state index in [2.05, 4.69) is 0 Å². The van der Waals surface area contributed by atoms with Gasteiger partial charge in [0.15, 0.2) is 0 Å². The summed E-state index contributed by atoms with van der Waals surface area (Å²) in [5.74, 6) is -0.823. The summed E-state index contributed by atoms with van der Waals surface area (Å²) in [6.07, 6.45) is 2.98. The molecule has 0 unspecified atom stereocenters. The van der Waals surface area contributed by atoms with Crippen LogP contribution >= 0.6 is 0 Å². The number of amides is 2. The first-order valence-electron chi connectivity index (χ1n) is 10.5. The maximum absolute atomic E-state index is 13.3. The zero-order chi connectivity index (χ0) is 22.2. The number of carbonyl (C=O) groups excluding carboxylic acids is 2.